The zero-order chi connectivity index (χ0) is 16.7. The Morgan fingerprint density at radius 2 is 1.45 bits per heavy atom. The van der Waals surface area contributed by atoms with Crippen molar-refractivity contribution in [1.82, 2.24) is 0 Å². The highest BCUT2D eigenvalue weighted by atomic mass is 16.5. The first-order chi connectivity index (χ1) is 10.3. The molecule has 0 radical (unpaired) electrons. The monoisotopic (exact) mass is 306 g/mol. The van der Waals surface area contributed by atoms with Gasteiger partial charge in [-0.2, -0.15) is 0 Å². The van der Waals surface area contributed by atoms with E-state index in [9.17, 15) is 14.4 Å². The summed E-state index contributed by atoms with van der Waals surface area (Å²) in [5, 5.41) is 0. The number of esters is 2. The summed E-state index contributed by atoms with van der Waals surface area (Å²) in [6.45, 7) is 6.78. The number of carbonyl (C=O) groups excluding carboxylic acids is 3. The van der Waals surface area contributed by atoms with Gasteiger partial charge in [0.1, 0.15) is 0 Å². The van der Waals surface area contributed by atoms with Crippen molar-refractivity contribution >= 4 is 17.7 Å². The Bertz CT molecular complexity index is 519. The standard InChI is InChI=1S/C17H22O5/c1-11(2)21-15(18)10-14(13-8-6-5-7-9-13)16(19)17(20)22-12(3)4/h5-9,11-12,14H,10H2,1-4H3. The van der Waals surface area contributed by atoms with Crippen molar-refractivity contribution in [2.24, 2.45) is 0 Å². The fourth-order valence-electron chi connectivity index (χ4n) is 1.94. The van der Waals surface area contributed by atoms with Crippen LogP contribution in [0.5, 0.6) is 0 Å². The van der Waals surface area contributed by atoms with Gasteiger partial charge in [0, 0.05) is 0 Å². The van der Waals surface area contributed by atoms with Gasteiger partial charge in [0.2, 0.25) is 5.78 Å². The number of ether oxygens (including phenoxy) is 2. The van der Waals surface area contributed by atoms with Crippen LogP contribution in [0, 0.1) is 0 Å². The van der Waals surface area contributed by atoms with E-state index in [4.69, 9.17) is 9.47 Å². The van der Waals surface area contributed by atoms with Gasteiger partial charge in [-0.3, -0.25) is 9.59 Å². The molecular formula is C17H22O5. The van der Waals surface area contributed by atoms with E-state index >= 15 is 0 Å². The van der Waals surface area contributed by atoms with Crippen molar-refractivity contribution in [2.45, 2.75) is 52.2 Å². The molecular weight excluding hydrogens is 284 g/mol. The average molecular weight is 306 g/mol. The number of Topliss-reactive ketones (excluding diaryl/α,β-unsaturated/α-hetero) is 1. The maximum atomic E-state index is 12.3. The van der Waals surface area contributed by atoms with Gasteiger partial charge in [-0.25, -0.2) is 4.79 Å². The molecule has 1 unspecified atom stereocenters. The van der Waals surface area contributed by atoms with E-state index in [1.165, 1.54) is 0 Å². The molecule has 0 aliphatic rings. The Kier molecular flexibility index (Phi) is 6.76. The molecule has 0 saturated heterocycles. The maximum Gasteiger partial charge on any atom is 0.375 e. The first-order valence-electron chi connectivity index (χ1n) is 7.30. The van der Waals surface area contributed by atoms with Crippen LogP contribution in [0.25, 0.3) is 0 Å². The quantitative estimate of drug-likeness (QED) is 0.572. The molecule has 1 aromatic carbocycles. The van der Waals surface area contributed by atoms with Crippen LogP contribution in [0.15, 0.2) is 30.3 Å². The van der Waals surface area contributed by atoms with Crippen molar-refractivity contribution in [2.75, 3.05) is 0 Å². The van der Waals surface area contributed by atoms with Crippen molar-refractivity contribution in [3.8, 4) is 0 Å². The summed E-state index contributed by atoms with van der Waals surface area (Å²) in [6.07, 6.45) is -0.856. The lowest BCUT2D eigenvalue weighted by molar-refractivity contribution is -0.158. The molecule has 5 heteroatoms. The lowest BCUT2D eigenvalue weighted by Crippen LogP contribution is -2.29. The minimum absolute atomic E-state index is 0.186. The number of rotatable bonds is 7. The number of ketones is 1. The number of hydrogen-bond donors (Lipinski definition) is 0. The number of carbonyl (C=O) groups is 3. The predicted molar refractivity (Wildman–Crippen MR) is 81.3 cm³/mol. The lowest BCUT2D eigenvalue weighted by Gasteiger charge is -2.17. The van der Waals surface area contributed by atoms with E-state index < -0.39 is 29.7 Å². The Morgan fingerprint density at radius 3 is 1.95 bits per heavy atom. The van der Waals surface area contributed by atoms with Crippen LogP contribution in [0.1, 0.15) is 45.6 Å². The van der Waals surface area contributed by atoms with Crippen molar-refractivity contribution < 1.29 is 23.9 Å². The Labute approximate surface area is 130 Å². The molecule has 0 amide bonds. The molecule has 0 aromatic heterocycles. The summed E-state index contributed by atoms with van der Waals surface area (Å²) < 4.78 is 10.0. The van der Waals surface area contributed by atoms with Crippen LogP contribution in [-0.4, -0.2) is 29.9 Å². The minimum Gasteiger partial charge on any atom is -0.463 e. The fourth-order valence-corrected chi connectivity index (χ4v) is 1.94. The molecule has 0 spiro atoms. The fraction of sp³-hybridized carbons (Fsp3) is 0.471. The van der Waals surface area contributed by atoms with E-state index in [2.05, 4.69) is 0 Å². The van der Waals surface area contributed by atoms with Gasteiger partial charge in [0.15, 0.2) is 0 Å². The third-order valence-electron chi connectivity index (χ3n) is 2.80. The highest BCUT2D eigenvalue weighted by Crippen LogP contribution is 2.22. The first-order valence-corrected chi connectivity index (χ1v) is 7.30. The largest absolute Gasteiger partial charge is 0.463 e. The van der Waals surface area contributed by atoms with Crippen LogP contribution < -0.4 is 0 Å². The second kappa shape index (κ2) is 8.32. The molecule has 0 N–H and O–H groups in total. The number of hydrogen-bond acceptors (Lipinski definition) is 5. The van der Waals surface area contributed by atoms with Gasteiger partial charge in [0.25, 0.3) is 0 Å². The van der Waals surface area contributed by atoms with Gasteiger partial charge in [-0.15, -0.1) is 0 Å². The highest BCUT2D eigenvalue weighted by molar-refractivity contribution is 6.36. The molecule has 0 saturated carbocycles. The lowest BCUT2D eigenvalue weighted by atomic mass is 9.91. The van der Waals surface area contributed by atoms with Gasteiger partial charge in [0.05, 0.1) is 24.5 Å². The topological polar surface area (TPSA) is 69.7 Å². The molecule has 5 nitrogen and oxygen atoms in total. The zero-order valence-electron chi connectivity index (χ0n) is 13.4. The molecule has 0 heterocycles. The summed E-state index contributed by atoms with van der Waals surface area (Å²) in [4.78, 5) is 36.0. The van der Waals surface area contributed by atoms with E-state index in [1.54, 1.807) is 58.0 Å². The van der Waals surface area contributed by atoms with Crippen molar-refractivity contribution in [3.05, 3.63) is 35.9 Å². The molecule has 1 atom stereocenters. The molecule has 0 aliphatic carbocycles. The summed E-state index contributed by atoms with van der Waals surface area (Å²) in [6, 6.07) is 8.69. The van der Waals surface area contributed by atoms with Gasteiger partial charge < -0.3 is 9.47 Å². The van der Waals surface area contributed by atoms with Crippen LogP contribution in [0.2, 0.25) is 0 Å². The molecule has 120 valence electrons. The van der Waals surface area contributed by atoms with Crippen LogP contribution >= 0.6 is 0 Å². The van der Waals surface area contributed by atoms with E-state index in [1.807, 2.05) is 0 Å². The Morgan fingerprint density at radius 1 is 0.909 bits per heavy atom. The summed E-state index contributed by atoms with van der Waals surface area (Å²) >= 11 is 0. The molecule has 1 aromatic rings. The molecule has 0 aliphatic heterocycles. The molecule has 0 bridgehead atoms. The van der Waals surface area contributed by atoms with E-state index in [-0.39, 0.29) is 12.5 Å². The summed E-state index contributed by atoms with van der Waals surface area (Å²) in [7, 11) is 0. The maximum absolute atomic E-state index is 12.3. The van der Waals surface area contributed by atoms with E-state index in [0.717, 1.165) is 0 Å². The van der Waals surface area contributed by atoms with Crippen LogP contribution in [0.3, 0.4) is 0 Å². The van der Waals surface area contributed by atoms with E-state index in [0.29, 0.717) is 5.56 Å². The third kappa shape index (κ3) is 5.68. The van der Waals surface area contributed by atoms with Gasteiger partial charge in [-0.05, 0) is 33.3 Å². The van der Waals surface area contributed by atoms with Crippen molar-refractivity contribution in [3.63, 3.8) is 0 Å². The third-order valence-corrected chi connectivity index (χ3v) is 2.80. The number of benzene rings is 1. The summed E-state index contributed by atoms with van der Waals surface area (Å²) in [5.74, 6) is -3.07. The second-order valence-electron chi connectivity index (χ2n) is 5.52. The summed E-state index contributed by atoms with van der Waals surface area (Å²) in [5.41, 5.74) is 0.592. The smallest absolute Gasteiger partial charge is 0.375 e. The zero-order valence-corrected chi connectivity index (χ0v) is 13.4. The molecule has 0 fully saturated rings. The van der Waals surface area contributed by atoms with Crippen LogP contribution in [-0.2, 0) is 23.9 Å². The average Bonchev–Trinajstić information content (AvgIpc) is 2.43. The van der Waals surface area contributed by atoms with Crippen molar-refractivity contribution in [1.29, 1.82) is 0 Å². The Balaban J connectivity index is 2.94. The second-order valence-corrected chi connectivity index (χ2v) is 5.52. The van der Waals surface area contributed by atoms with Gasteiger partial charge in [-0.1, -0.05) is 30.3 Å². The van der Waals surface area contributed by atoms with Crippen LogP contribution in [0.4, 0.5) is 0 Å². The van der Waals surface area contributed by atoms with Gasteiger partial charge >= 0.3 is 11.9 Å². The molecule has 22 heavy (non-hydrogen) atoms. The normalized spacial score (nSPS) is 12.1. The minimum atomic E-state index is -0.929. The predicted octanol–water partition coefficient (Wildman–Crippen LogP) is 2.63. The Hall–Kier alpha value is -2.17. The highest BCUT2D eigenvalue weighted by Gasteiger charge is 2.31. The SMILES string of the molecule is CC(C)OC(=O)CC(C(=O)C(=O)OC(C)C)c1ccccc1. The molecule has 1 rings (SSSR count). The first kappa shape index (κ1) is 17.9.